The molecule has 0 saturated carbocycles. The van der Waals surface area contributed by atoms with Crippen LogP contribution in [-0.2, 0) is 0 Å². The number of benzene rings is 5. The van der Waals surface area contributed by atoms with Gasteiger partial charge in [0.05, 0.1) is 11.0 Å². The maximum atomic E-state index is 3.42. The monoisotopic (exact) mass is 394 g/mol. The Hall–Kier alpha value is -4.10. The fraction of sp³-hybridized carbons (Fsp3) is 0. The van der Waals surface area contributed by atoms with Gasteiger partial charge in [-0.25, -0.2) is 0 Å². The number of para-hydroxylation sites is 2. The first kappa shape index (κ1) is 17.7. The molecule has 31 heavy (non-hydrogen) atoms. The van der Waals surface area contributed by atoms with Crippen LogP contribution < -0.4 is 0 Å². The topological polar surface area (TPSA) is 4.93 Å². The Morgan fingerprint density at radius 3 is 2.10 bits per heavy atom. The Kier molecular flexibility index (Phi) is 4.18. The van der Waals surface area contributed by atoms with E-state index in [0.29, 0.717) is 0 Å². The molecule has 0 aliphatic heterocycles. The highest BCUT2D eigenvalue weighted by atomic mass is 15.0. The van der Waals surface area contributed by atoms with Gasteiger partial charge < -0.3 is 4.57 Å². The summed E-state index contributed by atoms with van der Waals surface area (Å²) in [5.41, 5.74) is 8.36. The fourth-order valence-corrected chi connectivity index (χ4v) is 4.50. The van der Waals surface area contributed by atoms with Crippen molar-refractivity contribution in [2.45, 2.75) is 0 Å². The van der Waals surface area contributed by atoms with Crippen LogP contribution in [0.5, 0.6) is 0 Å². The molecular formula is C30H20N. The van der Waals surface area contributed by atoms with Gasteiger partial charge in [-0.05, 0) is 47.0 Å². The minimum atomic E-state index is 1.11. The van der Waals surface area contributed by atoms with Crippen molar-refractivity contribution in [3.8, 4) is 27.9 Å². The van der Waals surface area contributed by atoms with Gasteiger partial charge in [-0.3, -0.25) is 0 Å². The molecule has 0 spiro atoms. The predicted molar refractivity (Wildman–Crippen MR) is 130 cm³/mol. The van der Waals surface area contributed by atoms with Crippen molar-refractivity contribution in [2.24, 2.45) is 0 Å². The molecule has 0 aliphatic rings. The van der Waals surface area contributed by atoms with E-state index in [4.69, 9.17) is 0 Å². The number of aromatic nitrogens is 1. The van der Waals surface area contributed by atoms with Crippen molar-refractivity contribution in [1.29, 1.82) is 0 Å². The van der Waals surface area contributed by atoms with Gasteiger partial charge >= 0.3 is 0 Å². The first-order valence-corrected chi connectivity index (χ1v) is 10.6. The van der Waals surface area contributed by atoms with Crippen molar-refractivity contribution in [3.63, 3.8) is 0 Å². The number of nitrogens with zero attached hydrogens (tertiary/aromatic N) is 1. The third-order valence-corrected chi connectivity index (χ3v) is 5.91. The molecule has 0 unspecified atom stereocenters. The van der Waals surface area contributed by atoms with E-state index in [2.05, 4.69) is 120 Å². The third-order valence-electron chi connectivity index (χ3n) is 5.91. The third kappa shape index (κ3) is 2.94. The maximum Gasteiger partial charge on any atom is 0.0619 e. The molecule has 0 fully saturated rings. The standard InChI is InChI=1S/C30H20N/c1-4-11-22(12-5-1)24-19-20-29-28(21-24)27-18-10-17-26(23-13-6-2-7-14-23)30(27)31(29)25-15-8-3-9-16-25/h1-13,15-21H. The van der Waals surface area contributed by atoms with E-state index in [1.54, 1.807) is 0 Å². The molecule has 0 atom stereocenters. The highest BCUT2D eigenvalue weighted by Gasteiger charge is 2.16. The van der Waals surface area contributed by atoms with E-state index in [-0.39, 0.29) is 0 Å². The van der Waals surface area contributed by atoms with E-state index in [0.717, 1.165) is 5.56 Å². The van der Waals surface area contributed by atoms with Crippen molar-refractivity contribution < 1.29 is 0 Å². The molecule has 1 heterocycles. The van der Waals surface area contributed by atoms with Gasteiger partial charge in [0.25, 0.3) is 0 Å². The van der Waals surface area contributed by atoms with Gasteiger partial charge in [0.15, 0.2) is 0 Å². The maximum absolute atomic E-state index is 3.42. The highest BCUT2D eigenvalue weighted by molar-refractivity contribution is 6.14. The molecule has 6 rings (SSSR count). The molecule has 1 nitrogen and oxygen atoms in total. The molecule has 1 aromatic heterocycles. The Bertz CT molecular complexity index is 1490. The molecular weight excluding hydrogens is 374 g/mol. The van der Waals surface area contributed by atoms with Gasteiger partial charge in [-0.1, -0.05) is 97.1 Å². The van der Waals surface area contributed by atoms with E-state index in [1.807, 2.05) is 12.1 Å². The molecule has 0 amide bonds. The molecule has 0 saturated heterocycles. The fourth-order valence-electron chi connectivity index (χ4n) is 4.50. The van der Waals surface area contributed by atoms with Crippen molar-refractivity contribution >= 4 is 21.8 Å². The minimum absolute atomic E-state index is 1.11. The van der Waals surface area contributed by atoms with Gasteiger partial charge in [-0.2, -0.15) is 0 Å². The van der Waals surface area contributed by atoms with Crippen LogP contribution in [0, 0.1) is 6.07 Å². The lowest BCUT2D eigenvalue weighted by Gasteiger charge is -2.11. The second kappa shape index (κ2) is 7.30. The summed E-state index contributed by atoms with van der Waals surface area (Å²) in [6, 6.07) is 46.2. The number of hydrogen-bond donors (Lipinski definition) is 0. The molecule has 0 aliphatic carbocycles. The molecule has 0 N–H and O–H groups in total. The minimum Gasteiger partial charge on any atom is -0.309 e. The first-order chi connectivity index (χ1) is 15.4. The quantitative estimate of drug-likeness (QED) is 0.287. The van der Waals surface area contributed by atoms with Crippen LogP contribution in [-0.4, -0.2) is 4.57 Å². The number of rotatable bonds is 3. The summed E-state index contributed by atoms with van der Waals surface area (Å²) in [7, 11) is 0. The SMILES string of the molecule is [c]1ccccc1-c1cccc2c3cc(-c4ccccc4)ccc3n(-c3ccccc3)c12. The molecule has 1 heteroatoms. The predicted octanol–water partition coefficient (Wildman–Crippen LogP) is 7.92. The van der Waals surface area contributed by atoms with Crippen molar-refractivity contribution in [3.05, 3.63) is 127 Å². The lowest BCUT2D eigenvalue weighted by molar-refractivity contribution is 1.18. The second-order valence-electron chi connectivity index (χ2n) is 7.75. The van der Waals surface area contributed by atoms with Gasteiger partial charge in [0.1, 0.15) is 0 Å². The highest BCUT2D eigenvalue weighted by Crippen LogP contribution is 2.39. The summed E-state index contributed by atoms with van der Waals surface area (Å²) >= 11 is 0. The normalized spacial score (nSPS) is 11.2. The Morgan fingerprint density at radius 1 is 0.548 bits per heavy atom. The van der Waals surface area contributed by atoms with Crippen LogP contribution in [0.2, 0.25) is 0 Å². The molecule has 6 aromatic rings. The summed E-state index contributed by atoms with van der Waals surface area (Å²) in [6.45, 7) is 0. The van der Waals surface area contributed by atoms with E-state index in [1.165, 1.54) is 44.2 Å². The average Bonchev–Trinajstić information content (AvgIpc) is 3.19. The van der Waals surface area contributed by atoms with Crippen LogP contribution >= 0.6 is 0 Å². The Balaban J connectivity index is 1.74. The summed E-state index contributed by atoms with van der Waals surface area (Å²) in [4.78, 5) is 0. The van der Waals surface area contributed by atoms with Gasteiger partial charge in [0.2, 0.25) is 0 Å². The van der Waals surface area contributed by atoms with Gasteiger partial charge in [0, 0.05) is 22.0 Å². The summed E-state index contributed by atoms with van der Waals surface area (Å²) in [6.07, 6.45) is 0. The van der Waals surface area contributed by atoms with Gasteiger partial charge in [-0.15, -0.1) is 0 Å². The average molecular weight is 394 g/mol. The summed E-state index contributed by atoms with van der Waals surface area (Å²) in [5, 5.41) is 2.52. The lowest BCUT2D eigenvalue weighted by atomic mass is 10.0. The molecule has 1 radical (unpaired) electrons. The Labute approximate surface area is 181 Å². The second-order valence-corrected chi connectivity index (χ2v) is 7.75. The van der Waals surface area contributed by atoms with Crippen LogP contribution in [0.25, 0.3) is 49.7 Å². The Morgan fingerprint density at radius 2 is 1.32 bits per heavy atom. The largest absolute Gasteiger partial charge is 0.309 e. The summed E-state index contributed by atoms with van der Waals surface area (Å²) < 4.78 is 2.38. The van der Waals surface area contributed by atoms with E-state index < -0.39 is 0 Å². The van der Waals surface area contributed by atoms with Crippen molar-refractivity contribution in [2.75, 3.05) is 0 Å². The first-order valence-electron chi connectivity index (χ1n) is 10.6. The van der Waals surface area contributed by atoms with E-state index >= 15 is 0 Å². The summed E-state index contributed by atoms with van der Waals surface area (Å²) in [5.74, 6) is 0. The number of fused-ring (bicyclic) bond motifs is 3. The molecule has 145 valence electrons. The zero-order valence-corrected chi connectivity index (χ0v) is 17.0. The van der Waals surface area contributed by atoms with Crippen LogP contribution in [0.1, 0.15) is 0 Å². The smallest absolute Gasteiger partial charge is 0.0619 e. The van der Waals surface area contributed by atoms with Crippen LogP contribution in [0.3, 0.4) is 0 Å². The van der Waals surface area contributed by atoms with Crippen LogP contribution in [0.4, 0.5) is 0 Å². The molecule has 5 aromatic carbocycles. The van der Waals surface area contributed by atoms with Crippen molar-refractivity contribution in [1.82, 2.24) is 4.57 Å². The molecule has 0 bridgehead atoms. The van der Waals surface area contributed by atoms with E-state index in [9.17, 15) is 0 Å². The lowest BCUT2D eigenvalue weighted by Crippen LogP contribution is -1.95. The number of hydrogen-bond acceptors (Lipinski definition) is 0. The van der Waals surface area contributed by atoms with Crippen LogP contribution in [0.15, 0.2) is 121 Å². The zero-order valence-electron chi connectivity index (χ0n) is 17.0. The zero-order chi connectivity index (χ0) is 20.6.